The highest BCUT2D eigenvalue weighted by Gasteiger charge is 2.27. The Kier molecular flexibility index (Phi) is 5.10. The predicted octanol–water partition coefficient (Wildman–Crippen LogP) is 3.19. The third kappa shape index (κ3) is 4.02. The van der Waals surface area contributed by atoms with Crippen molar-refractivity contribution in [3.8, 4) is 23.1 Å². The van der Waals surface area contributed by atoms with Crippen molar-refractivity contribution in [1.82, 2.24) is 20.2 Å². The van der Waals surface area contributed by atoms with Gasteiger partial charge in [0.1, 0.15) is 29.6 Å². The van der Waals surface area contributed by atoms with Crippen LogP contribution in [0.3, 0.4) is 0 Å². The molecule has 0 radical (unpaired) electrons. The van der Waals surface area contributed by atoms with Crippen LogP contribution in [-0.2, 0) is 0 Å². The summed E-state index contributed by atoms with van der Waals surface area (Å²) in [4.78, 5) is 8.03. The minimum absolute atomic E-state index is 0.0552. The van der Waals surface area contributed by atoms with Gasteiger partial charge in [0.2, 0.25) is 0 Å². The molecule has 0 bridgehead atoms. The summed E-state index contributed by atoms with van der Waals surface area (Å²) in [7, 11) is 0. The number of halogens is 1. The van der Waals surface area contributed by atoms with Gasteiger partial charge in [-0.3, -0.25) is 5.10 Å². The van der Waals surface area contributed by atoms with Gasteiger partial charge in [-0.05, 0) is 43.9 Å². The number of hydrogen-bond donors (Lipinski definition) is 3. The van der Waals surface area contributed by atoms with Crippen LogP contribution in [0.2, 0.25) is 0 Å². The lowest BCUT2D eigenvalue weighted by molar-refractivity contribution is 0.192. The van der Waals surface area contributed by atoms with E-state index in [9.17, 15) is 4.39 Å². The largest absolute Gasteiger partial charge is 0.488 e. The zero-order valence-corrected chi connectivity index (χ0v) is 15.8. The van der Waals surface area contributed by atoms with Gasteiger partial charge in [-0.15, -0.1) is 0 Å². The maximum Gasteiger partial charge on any atom is 0.158 e. The monoisotopic (exact) mass is 393 g/mol. The van der Waals surface area contributed by atoms with Gasteiger partial charge in [-0.1, -0.05) is 0 Å². The highest BCUT2D eigenvalue weighted by Crippen LogP contribution is 2.36. The minimum atomic E-state index is -0.403. The van der Waals surface area contributed by atoms with Crippen molar-refractivity contribution in [3.05, 3.63) is 47.7 Å². The zero-order valence-electron chi connectivity index (χ0n) is 15.8. The molecular formula is C20H20FN7O. The molecule has 1 aliphatic rings. The maximum atomic E-state index is 14.9. The van der Waals surface area contributed by atoms with Crippen LogP contribution in [0.1, 0.15) is 30.5 Å². The van der Waals surface area contributed by atoms with Crippen molar-refractivity contribution in [2.24, 2.45) is 5.73 Å². The molecule has 3 aromatic rings. The van der Waals surface area contributed by atoms with Crippen molar-refractivity contribution >= 4 is 11.6 Å². The number of anilines is 2. The first-order valence-electron chi connectivity index (χ1n) is 9.31. The molecule has 0 amide bonds. The number of H-pyrrole nitrogens is 1. The van der Waals surface area contributed by atoms with Gasteiger partial charge in [0.05, 0.1) is 23.7 Å². The number of aromatic nitrogens is 4. The van der Waals surface area contributed by atoms with E-state index in [0.717, 1.165) is 24.8 Å². The van der Waals surface area contributed by atoms with E-state index in [1.807, 2.05) is 19.1 Å². The topological polar surface area (TPSA) is 126 Å². The molecule has 4 N–H and O–H groups in total. The van der Waals surface area contributed by atoms with E-state index in [1.54, 1.807) is 6.07 Å². The molecule has 0 saturated heterocycles. The van der Waals surface area contributed by atoms with Crippen LogP contribution in [0.4, 0.5) is 16.0 Å². The number of nitrogens with zero attached hydrogens (tertiary/aromatic N) is 4. The molecule has 9 heteroatoms. The Morgan fingerprint density at radius 2 is 2.10 bits per heavy atom. The second-order valence-electron chi connectivity index (χ2n) is 7.06. The molecule has 148 valence electrons. The molecule has 1 saturated carbocycles. The van der Waals surface area contributed by atoms with Gasteiger partial charge in [0, 0.05) is 12.1 Å². The Balaban J connectivity index is 1.61. The number of benzene rings is 1. The molecule has 0 spiro atoms. The first kappa shape index (κ1) is 18.8. The molecule has 0 aliphatic heterocycles. The number of aromatic amines is 1. The van der Waals surface area contributed by atoms with E-state index < -0.39 is 5.82 Å². The number of rotatable bonds is 5. The molecule has 2 atom stereocenters. The van der Waals surface area contributed by atoms with Crippen molar-refractivity contribution in [2.75, 3.05) is 5.32 Å². The molecule has 2 aromatic heterocycles. The molecule has 2 heterocycles. The van der Waals surface area contributed by atoms with Crippen molar-refractivity contribution < 1.29 is 9.13 Å². The summed E-state index contributed by atoms with van der Waals surface area (Å²) in [5.41, 5.74) is 7.87. The van der Waals surface area contributed by atoms with Gasteiger partial charge >= 0.3 is 0 Å². The molecule has 1 fully saturated rings. The summed E-state index contributed by atoms with van der Waals surface area (Å²) in [6, 6.07) is 6.78. The molecule has 0 unspecified atom stereocenters. The lowest BCUT2D eigenvalue weighted by Gasteiger charge is -2.20. The predicted molar refractivity (Wildman–Crippen MR) is 105 cm³/mol. The molecule has 4 rings (SSSR count). The highest BCUT2D eigenvalue weighted by atomic mass is 19.1. The lowest BCUT2D eigenvalue weighted by atomic mass is 10.1. The Hall–Kier alpha value is -3.51. The van der Waals surface area contributed by atoms with Crippen LogP contribution < -0.4 is 15.8 Å². The quantitative estimate of drug-likeness (QED) is 0.608. The van der Waals surface area contributed by atoms with Crippen LogP contribution in [0.5, 0.6) is 5.75 Å². The van der Waals surface area contributed by atoms with E-state index >= 15 is 0 Å². The molecule has 1 aromatic carbocycles. The second-order valence-corrected chi connectivity index (χ2v) is 7.06. The Labute approximate surface area is 166 Å². The minimum Gasteiger partial charge on any atom is -0.488 e. The summed E-state index contributed by atoms with van der Waals surface area (Å²) in [6.45, 7) is 1.82. The average Bonchev–Trinajstić information content (AvgIpc) is 3.31. The summed E-state index contributed by atoms with van der Waals surface area (Å²) in [5.74, 6) is 0.889. The molecule has 1 aliphatic carbocycles. The molecule has 8 nitrogen and oxygen atoms in total. The van der Waals surface area contributed by atoms with Crippen LogP contribution in [0.25, 0.3) is 11.3 Å². The van der Waals surface area contributed by atoms with Crippen LogP contribution in [0.15, 0.2) is 30.6 Å². The number of ether oxygens (including phenoxy) is 1. The summed E-state index contributed by atoms with van der Waals surface area (Å²) in [6.07, 6.45) is 5.40. The molecule has 29 heavy (non-hydrogen) atoms. The first-order valence-corrected chi connectivity index (χ1v) is 9.31. The van der Waals surface area contributed by atoms with Crippen molar-refractivity contribution in [2.45, 2.75) is 38.3 Å². The Morgan fingerprint density at radius 1 is 1.24 bits per heavy atom. The summed E-state index contributed by atoms with van der Waals surface area (Å²) >= 11 is 0. The van der Waals surface area contributed by atoms with Gasteiger partial charge < -0.3 is 15.8 Å². The normalized spacial score (nSPS) is 18.4. The average molecular weight is 393 g/mol. The van der Waals surface area contributed by atoms with Crippen LogP contribution in [-0.4, -0.2) is 32.3 Å². The van der Waals surface area contributed by atoms with Gasteiger partial charge in [0.15, 0.2) is 11.5 Å². The van der Waals surface area contributed by atoms with Crippen molar-refractivity contribution in [3.63, 3.8) is 0 Å². The van der Waals surface area contributed by atoms with Crippen molar-refractivity contribution in [1.29, 1.82) is 5.26 Å². The summed E-state index contributed by atoms with van der Waals surface area (Å²) < 4.78 is 21.0. The SMILES string of the molecule is Cc1cc(F)c(-c2cc(Nc3cnc(C#N)cn3)n[nH]2)c(O[C@@H]2CCC[C@H]2N)c1. The van der Waals surface area contributed by atoms with E-state index in [0.29, 0.717) is 28.6 Å². The highest BCUT2D eigenvalue weighted by molar-refractivity contribution is 5.71. The van der Waals surface area contributed by atoms with E-state index in [4.69, 9.17) is 15.7 Å². The van der Waals surface area contributed by atoms with Gasteiger partial charge in [0.25, 0.3) is 0 Å². The standard InChI is InChI=1S/C20H20FN7O/c1-11-5-13(21)20(17(6-11)29-16-4-2-3-14(16)23)15-7-18(28-27-15)26-19-10-24-12(8-22)9-25-19/h5-7,9-10,14,16H,2-4,23H2,1H3,(H2,25,26,27,28)/t14-,16-/m1/s1. The summed E-state index contributed by atoms with van der Waals surface area (Å²) in [5, 5.41) is 18.8. The third-order valence-corrected chi connectivity index (χ3v) is 4.85. The van der Waals surface area contributed by atoms with Gasteiger partial charge in [-0.25, -0.2) is 14.4 Å². The van der Waals surface area contributed by atoms with Crippen LogP contribution in [0, 0.1) is 24.1 Å². The lowest BCUT2D eigenvalue weighted by Crippen LogP contribution is -2.33. The van der Waals surface area contributed by atoms with Gasteiger partial charge in [-0.2, -0.15) is 10.4 Å². The number of aryl methyl sites for hydroxylation is 1. The second kappa shape index (κ2) is 7.85. The fourth-order valence-electron chi connectivity index (χ4n) is 3.42. The Morgan fingerprint density at radius 3 is 2.79 bits per heavy atom. The third-order valence-electron chi connectivity index (χ3n) is 4.85. The van der Waals surface area contributed by atoms with E-state index in [2.05, 4.69) is 25.5 Å². The van der Waals surface area contributed by atoms with Crippen LogP contribution >= 0.6 is 0 Å². The number of nitriles is 1. The smallest absolute Gasteiger partial charge is 0.158 e. The number of nitrogens with one attached hydrogen (secondary N) is 2. The zero-order chi connectivity index (χ0) is 20.4. The van der Waals surface area contributed by atoms with E-state index in [1.165, 1.54) is 18.5 Å². The number of hydrogen-bond acceptors (Lipinski definition) is 7. The fraction of sp³-hybridized carbons (Fsp3) is 0.300. The fourth-order valence-corrected chi connectivity index (χ4v) is 3.42. The Bertz CT molecular complexity index is 1060. The van der Waals surface area contributed by atoms with E-state index in [-0.39, 0.29) is 17.8 Å². The first-order chi connectivity index (χ1) is 14.0. The number of nitrogens with two attached hydrogens (primary N) is 1. The molecular weight excluding hydrogens is 373 g/mol. The maximum absolute atomic E-state index is 14.9.